The summed E-state index contributed by atoms with van der Waals surface area (Å²) in [5.74, 6) is 1.02. The molecular weight excluding hydrogens is 306 g/mol. The van der Waals surface area contributed by atoms with E-state index in [2.05, 4.69) is 11.8 Å². The molecule has 0 aliphatic heterocycles. The largest absolute Gasteiger partial charge is 0.491 e. The lowest BCUT2D eigenvalue weighted by molar-refractivity contribution is 0.0525. The van der Waals surface area contributed by atoms with Crippen molar-refractivity contribution in [3.05, 3.63) is 29.8 Å². The van der Waals surface area contributed by atoms with Gasteiger partial charge in [-0.15, -0.1) is 0 Å². The summed E-state index contributed by atoms with van der Waals surface area (Å²) in [5.41, 5.74) is 0.463. The minimum atomic E-state index is -0.540. The van der Waals surface area contributed by atoms with Crippen molar-refractivity contribution in [3.63, 3.8) is 0 Å². The van der Waals surface area contributed by atoms with Gasteiger partial charge in [0.15, 0.2) is 0 Å². The summed E-state index contributed by atoms with van der Waals surface area (Å²) in [5, 5.41) is 10.2. The second-order valence-electron chi connectivity index (χ2n) is 6.42. The average molecular weight is 335 g/mol. The van der Waals surface area contributed by atoms with E-state index in [1.807, 2.05) is 0 Å². The summed E-state index contributed by atoms with van der Waals surface area (Å²) < 4.78 is 10.6. The molecule has 1 N–H and O–H groups in total. The van der Waals surface area contributed by atoms with Crippen LogP contribution in [0.15, 0.2) is 24.3 Å². The lowest BCUT2D eigenvalue weighted by Crippen LogP contribution is -2.37. The first-order chi connectivity index (χ1) is 11.6. The molecule has 1 atom stereocenters. The molecule has 0 unspecified atom stereocenters. The van der Waals surface area contributed by atoms with Crippen LogP contribution in [0.4, 0.5) is 0 Å². The van der Waals surface area contributed by atoms with Crippen LogP contribution in [0.1, 0.15) is 43.5 Å². The second-order valence-corrected chi connectivity index (χ2v) is 6.42. The summed E-state index contributed by atoms with van der Waals surface area (Å²) in [4.78, 5) is 14.0. The van der Waals surface area contributed by atoms with Crippen molar-refractivity contribution in [2.45, 2.75) is 39.2 Å². The van der Waals surface area contributed by atoms with Crippen LogP contribution in [0.5, 0.6) is 5.75 Å². The van der Waals surface area contributed by atoms with Gasteiger partial charge in [-0.25, -0.2) is 4.79 Å². The van der Waals surface area contributed by atoms with Crippen LogP contribution in [0.3, 0.4) is 0 Å². The molecule has 1 saturated carbocycles. The fraction of sp³-hybridized carbons (Fsp3) is 0.632. The molecule has 5 heteroatoms. The van der Waals surface area contributed by atoms with Crippen molar-refractivity contribution in [1.29, 1.82) is 0 Å². The van der Waals surface area contributed by atoms with Gasteiger partial charge in [-0.2, -0.15) is 0 Å². The monoisotopic (exact) mass is 335 g/mol. The van der Waals surface area contributed by atoms with E-state index in [-0.39, 0.29) is 12.6 Å². The normalized spacial score (nSPS) is 15.3. The molecule has 1 aromatic rings. The third-order valence-electron chi connectivity index (χ3n) is 4.01. The first kappa shape index (κ1) is 18.7. The maximum Gasteiger partial charge on any atom is 0.338 e. The summed E-state index contributed by atoms with van der Waals surface area (Å²) in [7, 11) is 0. The molecular formula is C19H29NO4. The Bertz CT molecular complexity index is 516. The van der Waals surface area contributed by atoms with Gasteiger partial charge in [-0.1, -0.05) is 13.0 Å². The smallest absolute Gasteiger partial charge is 0.338 e. The zero-order valence-electron chi connectivity index (χ0n) is 14.7. The van der Waals surface area contributed by atoms with E-state index >= 15 is 0 Å². The van der Waals surface area contributed by atoms with Gasteiger partial charge in [0.25, 0.3) is 0 Å². The molecule has 0 bridgehead atoms. The van der Waals surface area contributed by atoms with E-state index in [9.17, 15) is 9.90 Å². The number of benzene rings is 1. The van der Waals surface area contributed by atoms with Crippen molar-refractivity contribution in [1.82, 2.24) is 4.90 Å². The van der Waals surface area contributed by atoms with Crippen LogP contribution in [-0.2, 0) is 4.74 Å². The van der Waals surface area contributed by atoms with Gasteiger partial charge in [0.05, 0.1) is 12.2 Å². The summed E-state index contributed by atoms with van der Waals surface area (Å²) >= 11 is 0. The SMILES string of the molecule is CCCN(CC1CC1)C[C@H](O)COc1cccc(C(=O)OCC)c1. The molecule has 2 rings (SSSR count). The standard InChI is InChI=1S/C19H29NO4/c1-3-10-20(12-15-8-9-15)13-17(21)14-24-18-7-5-6-16(11-18)19(22)23-4-2/h5-7,11,15,17,21H,3-4,8-10,12-14H2,1-2H3/t17-/m0/s1. The maximum atomic E-state index is 11.7. The highest BCUT2D eigenvalue weighted by Gasteiger charge is 2.25. The minimum Gasteiger partial charge on any atom is -0.491 e. The number of hydrogen-bond acceptors (Lipinski definition) is 5. The Morgan fingerprint density at radius 2 is 2.17 bits per heavy atom. The van der Waals surface area contributed by atoms with Gasteiger partial charge < -0.3 is 19.5 Å². The predicted octanol–water partition coefficient (Wildman–Crippen LogP) is 2.73. The van der Waals surface area contributed by atoms with E-state index in [1.165, 1.54) is 12.8 Å². The third kappa shape index (κ3) is 6.49. The molecule has 1 aromatic carbocycles. The molecule has 1 aliphatic carbocycles. The van der Waals surface area contributed by atoms with Crippen molar-refractivity contribution in [2.24, 2.45) is 5.92 Å². The van der Waals surface area contributed by atoms with Crippen molar-refractivity contribution in [2.75, 3.05) is 32.8 Å². The van der Waals surface area contributed by atoms with Crippen LogP contribution < -0.4 is 4.74 Å². The zero-order valence-corrected chi connectivity index (χ0v) is 14.7. The molecule has 0 spiro atoms. The Morgan fingerprint density at radius 3 is 2.83 bits per heavy atom. The Labute approximate surface area is 144 Å². The number of aliphatic hydroxyl groups excluding tert-OH is 1. The fourth-order valence-electron chi connectivity index (χ4n) is 2.71. The average Bonchev–Trinajstić information content (AvgIpc) is 3.38. The number of carbonyl (C=O) groups is 1. The Balaban J connectivity index is 1.80. The summed E-state index contributed by atoms with van der Waals surface area (Å²) in [6.07, 6.45) is 3.17. The molecule has 1 aliphatic rings. The lowest BCUT2D eigenvalue weighted by atomic mass is 10.2. The van der Waals surface area contributed by atoms with E-state index < -0.39 is 6.10 Å². The highest BCUT2D eigenvalue weighted by Crippen LogP contribution is 2.29. The second kappa shape index (κ2) is 9.64. The van der Waals surface area contributed by atoms with Crippen LogP contribution >= 0.6 is 0 Å². The van der Waals surface area contributed by atoms with Crippen LogP contribution in [0.2, 0.25) is 0 Å². The predicted molar refractivity (Wildman–Crippen MR) is 93.4 cm³/mol. The first-order valence-electron chi connectivity index (χ1n) is 8.92. The van der Waals surface area contributed by atoms with Crippen molar-refractivity contribution >= 4 is 5.97 Å². The number of rotatable bonds is 11. The topological polar surface area (TPSA) is 59.0 Å². The lowest BCUT2D eigenvalue weighted by Gasteiger charge is -2.24. The molecule has 5 nitrogen and oxygen atoms in total. The van der Waals surface area contributed by atoms with Gasteiger partial charge in [0.2, 0.25) is 0 Å². The molecule has 0 saturated heterocycles. The number of nitrogens with zero attached hydrogens (tertiary/aromatic N) is 1. The molecule has 1 fully saturated rings. The third-order valence-corrected chi connectivity index (χ3v) is 4.01. The molecule has 0 radical (unpaired) electrons. The maximum absolute atomic E-state index is 11.7. The number of hydrogen-bond donors (Lipinski definition) is 1. The highest BCUT2D eigenvalue weighted by molar-refractivity contribution is 5.89. The van der Waals surface area contributed by atoms with Crippen LogP contribution in [-0.4, -0.2) is 54.9 Å². The molecule has 24 heavy (non-hydrogen) atoms. The van der Waals surface area contributed by atoms with Crippen LogP contribution in [0.25, 0.3) is 0 Å². The highest BCUT2D eigenvalue weighted by atomic mass is 16.5. The Kier molecular flexibility index (Phi) is 7.53. The summed E-state index contributed by atoms with van der Waals surface area (Å²) in [6, 6.07) is 6.88. The number of carbonyl (C=O) groups excluding carboxylic acids is 1. The fourth-order valence-corrected chi connectivity index (χ4v) is 2.71. The van der Waals surface area contributed by atoms with Crippen molar-refractivity contribution in [3.8, 4) is 5.75 Å². The Morgan fingerprint density at radius 1 is 1.38 bits per heavy atom. The first-order valence-corrected chi connectivity index (χ1v) is 8.92. The van der Waals surface area contributed by atoms with Gasteiger partial charge >= 0.3 is 5.97 Å². The van der Waals surface area contributed by atoms with Gasteiger partial charge in [-0.3, -0.25) is 0 Å². The van der Waals surface area contributed by atoms with E-state index in [0.717, 1.165) is 25.4 Å². The van der Waals surface area contributed by atoms with E-state index in [4.69, 9.17) is 9.47 Å². The van der Waals surface area contributed by atoms with Crippen LogP contribution in [0, 0.1) is 5.92 Å². The molecule has 0 aromatic heterocycles. The minimum absolute atomic E-state index is 0.219. The summed E-state index contributed by atoms with van der Waals surface area (Å²) in [6.45, 7) is 7.20. The molecule has 134 valence electrons. The van der Waals surface area contributed by atoms with E-state index in [1.54, 1.807) is 31.2 Å². The van der Waals surface area contributed by atoms with E-state index in [0.29, 0.717) is 24.5 Å². The Hall–Kier alpha value is -1.59. The number of esters is 1. The van der Waals surface area contributed by atoms with Gasteiger partial charge in [0.1, 0.15) is 18.5 Å². The molecule has 0 heterocycles. The number of ether oxygens (including phenoxy) is 2. The zero-order chi connectivity index (χ0) is 17.4. The number of aliphatic hydroxyl groups is 1. The van der Waals surface area contributed by atoms with Crippen molar-refractivity contribution < 1.29 is 19.4 Å². The van der Waals surface area contributed by atoms with Gasteiger partial charge in [0, 0.05) is 13.1 Å². The quantitative estimate of drug-likeness (QED) is 0.630. The van der Waals surface area contributed by atoms with Gasteiger partial charge in [-0.05, 0) is 56.8 Å². The molecule has 0 amide bonds.